The highest BCUT2D eigenvalue weighted by atomic mass is 79.9. The Morgan fingerprint density at radius 2 is 2.06 bits per heavy atom. The van der Waals surface area contributed by atoms with Crippen LogP contribution in [0.3, 0.4) is 0 Å². The molecule has 0 aliphatic heterocycles. The Labute approximate surface area is 106 Å². The summed E-state index contributed by atoms with van der Waals surface area (Å²) in [5, 5.41) is 0. The second-order valence-corrected chi connectivity index (χ2v) is 5.55. The van der Waals surface area contributed by atoms with Gasteiger partial charge in [0.25, 0.3) is 0 Å². The van der Waals surface area contributed by atoms with E-state index < -0.39 is 0 Å². The first-order valence-corrected chi connectivity index (χ1v) is 6.74. The Kier molecular flexibility index (Phi) is 4.00. The average Bonchev–Trinajstić information content (AvgIpc) is 2.78. The van der Waals surface area contributed by atoms with Crippen molar-refractivity contribution in [1.29, 1.82) is 0 Å². The van der Waals surface area contributed by atoms with Crippen molar-refractivity contribution < 1.29 is 0 Å². The van der Waals surface area contributed by atoms with Crippen LogP contribution in [0.15, 0.2) is 22.7 Å². The van der Waals surface area contributed by atoms with E-state index in [2.05, 4.69) is 46.5 Å². The van der Waals surface area contributed by atoms with Crippen LogP contribution in [0.1, 0.15) is 42.9 Å². The minimum absolute atomic E-state index is 0.314. The Bertz CT molecular complexity index is 359. The van der Waals surface area contributed by atoms with E-state index in [0.29, 0.717) is 12.0 Å². The van der Waals surface area contributed by atoms with E-state index in [-0.39, 0.29) is 0 Å². The molecule has 88 valence electrons. The molecule has 1 aromatic carbocycles. The van der Waals surface area contributed by atoms with Gasteiger partial charge in [0, 0.05) is 10.5 Å². The zero-order chi connectivity index (χ0) is 11.5. The molecule has 0 amide bonds. The molecule has 0 aromatic heterocycles. The van der Waals surface area contributed by atoms with Gasteiger partial charge in [-0.25, -0.2) is 0 Å². The van der Waals surface area contributed by atoms with Gasteiger partial charge >= 0.3 is 0 Å². The molecule has 0 spiro atoms. The molecule has 1 aliphatic carbocycles. The van der Waals surface area contributed by atoms with E-state index in [9.17, 15) is 0 Å². The Morgan fingerprint density at radius 3 is 2.62 bits per heavy atom. The maximum absolute atomic E-state index is 5.71. The summed E-state index contributed by atoms with van der Waals surface area (Å²) in [5.41, 5.74) is 5.58. The van der Waals surface area contributed by atoms with Crippen molar-refractivity contribution in [3.63, 3.8) is 0 Å². The van der Waals surface area contributed by atoms with Gasteiger partial charge < -0.3 is 0 Å². The SMILES string of the molecule is Cc1cc(C(NN)C2CCCC2)ccc1Br. The maximum atomic E-state index is 5.71. The van der Waals surface area contributed by atoms with Crippen molar-refractivity contribution in [2.75, 3.05) is 0 Å². The van der Waals surface area contributed by atoms with Crippen LogP contribution in [-0.4, -0.2) is 0 Å². The minimum Gasteiger partial charge on any atom is -0.271 e. The summed E-state index contributed by atoms with van der Waals surface area (Å²) in [6, 6.07) is 6.82. The van der Waals surface area contributed by atoms with Gasteiger partial charge in [-0.2, -0.15) is 0 Å². The van der Waals surface area contributed by atoms with Gasteiger partial charge in [-0.05, 0) is 42.9 Å². The van der Waals surface area contributed by atoms with Crippen LogP contribution in [-0.2, 0) is 0 Å². The quantitative estimate of drug-likeness (QED) is 0.658. The van der Waals surface area contributed by atoms with Crippen LogP contribution in [0, 0.1) is 12.8 Å². The highest BCUT2D eigenvalue weighted by molar-refractivity contribution is 9.10. The first kappa shape index (κ1) is 12.1. The first-order chi connectivity index (χ1) is 7.72. The zero-order valence-corrected chi connectivity index (χ0v) is 11.3. The number of halogens is 1. The van der Waals surface area contributed by atoms with Crippen molar-refractivity contribution >= 4 is 15.9 Å². The predicted molar refractivity (Wildman–Crippen MR) is 70.9 cm³/mol. The number of hydrogen-bond donors (Lipinski definition) is 2. The average molecular weight is 283 g/mol. The number of benzene rings is 1. The third-order valence-electron chi connectivity index (χ3n) is 3.59. The molecule has 0 saturated heterocycles. The number of rotatable bonds is 3. The summed E-state index contributed by atoms with van der Waals surface area (Å²) < 4.78 is 1.17. The van der Waals surface area contributed by atoms with Gasteiger partial charge in [-0.3, -0.25) is 11.3 Å². The lowest BCUT2D eigenvalue weighted by molar-refractivity contribution is 0.373. The van der Waals surface area contributed by atoms with Gasteiger partial charge in [-0.15, -0.1) is 0 Å². The van der Waals surface area contributed by atoms with E-state index in [1.165, 1.54) is 41.3 Å². The highest BCUT2D eigenvalue weighted by Gasteiger charge is 2.25. The molecular weight excluding hydrogens is 264 g/mol. The Balaban J connectivity index is 2.22. The van der Waals surface area contributed by atoms with E-state index in [0.717, 1.165) is 0 Å². The lowest BCUT2D eigenvalue weighted by atomic mass is 9.91. The first-order valence-electron chi connectivity index (χ1n) is 5.94. The second kappa shape index (κ2) is 5.30. The molecule has 1 saturated carbocycles. The number of aryl methyl sites for hydroxylation is 1. The number of hydrazine groups is 1. The van der Waals surface area contributed by atoms with Gasteiger partial charge in [0.1, 0.15) is 0 Å². The number of hydrogen-bond acceptors (Lipinski definition) is 2. The molecule has 3 N–H and O–H groups in total. The van der Waals surface area contributed by atoms with Crippen LogP contribution in [0.5, 0.6) is 0 Å². The third-order valence-corrected chi connectivity index (χ3v) is 4.48. The molecule has 1 aliphatic rings. The molecule has 3 heteroatoms. The second-order valence-electron chi connectivity index (χ2n) is 4.70. The summed E-state index contributed by atoms with van der Waals surface area (Å²) in [6.45, 7) is 2.12. The van der Waals surface area contributed by atoms with E-state index >= 15 is 0 Å². The van der Waals surface area contributed by atoms with Crippen molar-refractivity contribution in [2.45, 2.75) is 38.6 Å². The standard InChI is InChI=1S/C13H19BrN2/c1-9-8-11(6-7-12(9)14)13(16-15)10-4-2-3-5-10/h6-8,10,13,16H,2-5,15H2,1H3. The summed E-state index contributed by atoms with van der Waals surface area (Å²) in [7, 11) is 0. The van der Waals surface area contributed by atoms with Gasteiger partial charge in [0.2, 0.25) is 0 Å². The third kappa shape index (κ3) is 2.47. The molecule has 1 atom stereocenters. The molecule has 0 radical (unpaired) electrons. The fraction of sp³-hybridized carbons (Fsp3) is 0.538. The Hall–Kier alpha value is -0.380. The molecule has 2 nitrogen and oxygen atoms in total. The monoisotopic (exact) mass is 282 g/mol. The van der Waals surface area contributed by atoms with Gasteiger partial charge in [-0.1, -0.05) is 40.9 Å². The summed E-state index contributed by atoms with van der Waals surface area (Å²) >= 11 is 3.53. The van der Waals surface area contributed by atoms with E-state index in [4.69, 9.17) is 5.84 Å². The molecule has 1 aromatic rings. The van der Waals surface area contributed by atoms with Crippen LogP contribution in [0.25, 0.3) is 0 Å². The topological polar surface area (TPSA) is 38.0 Å². The zero-order valence-electron chi connectivity index (χ0n) is 9.67. The lowest BCUT2D eigenvalue weighted by Gasteiger charge is -2.23. The fourth-order valence-corrected chi connectivity index (χ4v) is 2.90. The normalized spacial score (nSPS) is 18.9. The molecule has 0 heterocycles. The largest absolute Gasteiger partial charge is 0.271 e. The van der Waals surface area contributed by atoms with E-state index in [1.54, 1.807) is 0 Å². The van der Waals surface area contributed by atoms with E-state index in [1.807, 2.05) is 0 Å². The molecule has 16 heavy (non-hydrogen) atoms. The van der Waals surface area contributed by atoms with Crippen LogP contribution in [0.4, 0.5) is 0 Å². The van der Waals surface area contributed by atoms with Crippen molar-refractivity contribution in [2.24, 2.45) is 11.8 Å². The summed E-state index contributed by atoms with van der Waals surface area (Å²) in [5.74, 6) is 6.41. The van der Waals surface area contributed by atoms with Gasteiger partial charge in [0.15, 0.2) is 0 Å². The Morgan fingerprint density at radius 1 is 1.38 bits per heavy atom. The summed E-state index contributed by atoms with van der Waals surface area (Å²) in [4.78, 5) is 0. The smallest absolute Gasteiger partial charge is 0.0488 e. The fourth-order valence-electron chi connectivity index (χ4n) is 2.66. The highest BCUT2D eigenvalue weighted by Crippen LogP contribution is 2.36. The van der Waals surface area contributed by atoms with Crippen LogP contribution < -0.4 is 11.3 Å². The van der Waals surface area contributed by atoms with Crippen LogP contribution in [0.2, 0.25) is 0 Å². The van der Waals surface area contributed by atoms with Crippen molar-refractivity contribution in [3.8, 4) is 0 Å². The molecular formula is C13H19BrN2. The molecule has 1 unspecified atom stereocenters. The van der Waals surface area contributed by atoms with Crippen molar-refractivity contribution in [1.82, 2.24) is 5.43 Å². The maximum Gasteiger partial charge on any atom is 0.0488 e. The lowest BCUT2D eigenvalue weighted by Crippen LogP contribution is -2.32. The molecule has 2 rings (SSSR count). The number of nitrogens with two attached hydrogens (primary N) is 1. The predicted octanol–water partition coefficient (Wildman–Crippen LogP) is 3.45. The number of nitrogens with one attached hydrogen (secondary N) is 1. The molecule has 0 bridgehead atoms. The van der Waals surface area contributed by atoms with Crippen molar-refractivity contribution in [3.05, 3.63) is 33.8 Å². The summed E-state index contributed by atoms with van der Waals surface area (Å²) in [6.07, 6.45) is 5.28. The minimum atomic E-state index is 0.314. The van der Waals surface area contributed by atoms with Crippen LogP contribution >= 0.6 is 15.9 Å². The molecule has 1 fully saturated rings. The van der Waals surface area contributed by atoms with Gasteiger partial charge in [0.05, 0.1) is 0 Å².